The van der Waals surface area contributed by atoms with E-state index in [1.807, 2.05) is 0 Å². The van der Waals surface area contributed by atoms with E-state index >= 15 is 0 Å². The number of hydrogen-bond donors (Lipinski definition) is 1. The predicted molar refractivity (Wildman–Crippen MR) is 41.8 cm³/mol. The Kier molecular flexibility index (Phi) is 3.16. The van der Waals surface area contributed by atoms with E-state index in [0.717, 1.165) is 19.6 Å². The van der Waals surface area contributed by atoms with Crippen LogP contribution in [0.1, 0.15) is 26.2 Å². The van der Waals surface area contributed by atoms with Crippen LogP contribution >= 0.6 is 0 Å². The van der Waals surface area contributed by atoms with Crippen LogP contribution in [0.25, 0.3) is 0 Å². The van der Waals surface area contributed by atoms with E-state index < -0.39 is 0 Å². The first-order chi connectivity index (χ1) is 4.84. The Morgan fingerprint density at radius 3 is 3.00 bits per heavy atom. The summed E-state index contributed by atoms with van der Waals surface area (Å²) in [6.45, 7) is 3.96. The summed E-state index contributed by atoms with van der Waals surface area (Å²) >= 11 is 0. The Bertz CT molecular complexity index is 89.3. The third kappa shape index (κ3) is 1.96. The van der Waals surface area contributed by atoms with Crippen molar-refractivity contribution in [1.29, 1.82) is 0 Å². The van der Waals surface area contributed by atoms with Gasteiger partial charge in [0.05, 0.1) is 6.61 Å². The van der Waals surface area contributed by atoms with Crippen molar-refractivity contribution in [3.8, 4) is 0 Å². The molecule has 0 aromatic heterocycles. The van der Waals surface area contributed by atoms with Crippen molar-refractivity contribution in [1.82, 2.24) is 0 Å². The molecule has 0 aromatic rings. The monoisotopic (exact) mass is 143 g/mol. The molecule has 0 saturated carbocycles. The molecule has 1 rings (SSSR count). The van der Waals surface area contributed by atoms with Crippen molar-refractivity contribution in [2.75, 3.05) is 13.2 Å². The van der Waals surface area contributed by atoms with Gasteiger partial charge < -0.3 is 10.5 Å². The lowest BCUT2D eigenvalue weighted by molar-refractivity contribution is 0.0445. The molecule has 60 valence electrons. The minimum Gasteiger partial charge on any atom is -0.381 e. The van der Waals surface area contributed by atoms with Crippen LogP contribution in [0.5, 0.6) is 0 Å². The maximum absolute atomic E-state index is 5.87. The molecule has 0 radical (unpaired) electrons. The van der Waals surface area contributed by atoms with Gasteiger partial charge in [0.25, 0.3) is 0 Å². The molecule has 0 bridgehead atoms. The number of rotatable bonds is 2. The molecular formula is C8H17NO. The van der Waals surface area contributed by atoms with Gasteiger partial charge in [-0.15, -0.1) is 0 Å². The topological polar surface area (TPSA) is 35.2 Å². The molecular weight excluding hydrogens is 126 g/mol. The van der Waals surface area contributed by atoms with Crippen LogP contribution in [0, 0.1) is 5.92 Å². The van der Waals surface area contributed by atoms with E-state index in [0.29, 0.717) is 12.0 Å². The molecule has 10 heavy (non-hydrogen) atoms. The van der Waals surface area contributed by atoms with Crippen LogP contribution in [0.2, 0.25) is 0 Å². The molecule has 2 atom stereocenters. The first-order valence-corrected chi connectivity index (χ1v) is 4.18. The largest absolute Gasteiger partial charge is 0.381 e. The van der Waals surface area contributed by atoms with Crippen molar-refractivity contribution in [3.63, 3.8) is 0 Å². The number of hydrogen-bond acceptors (Lipinski definition) is 2. The molecule has 2 N–H and O–H groups in total. The van der Waals surface area contributed by atoms with Gasteiger partial charge >= 0.3 is 0 Å². The minimum absolute atomic E-state index is 0.361. The van der Waals surface area contributed by atoms with Crippen molar-refractivity contribution in [2.24, 2.45) is 11.7 Å². The highest BCUT2D eigenvalue weighted by molar-refractivity contribution is 4.73. The minimum atomic E-state index is 0.361. The fraction of sp³-hybridized carbons (Fsp3) is 1.00. The van der Waals surface area contributed by atoms with Crippen molar-refractivity contribution >= 4 is 0 Å². The predicted octanol–water partition coefficient (Wildman–Crippen LogP) is 1.15. The highest BCUT2D eigenvalue weighted by Gasteiger charge is 2.18. The lowest BCUT2D eigenvalue weighted by Crippen LogP contribution is -2.35. The number of nitrogens with two attached hydrogens (primary N) is 1. The Morgan fingerprint density at radius 2 is 2.50 bits per heavy atom. The highest BCUT2D eigenvalue weighted by atomic mass is 16.5. The summed E-state index contributed by atoms with van der Waals surface area (Å²) in [6.07, 6.45) is 3.53. The maximum Gasteiger partial charge on any atom is 0.0509 e. The van der Waals surface area contributed by atoms with Gasteiger partial charge in [0.15, 0.2) is 0 Å². The summed E-state index contributed by atoms with van der Waals surface area (Å²) in [7, 11) is 0. The van der Waals surface area contributed by atoms with Crippen LogP contribution in [0.4, 0.5) is 0 Å². The summed E-state index contributed by atoms with van der Waals surface area (Å²) in [5.74, 6) is 0.624. The van der Waals surface area contributed by atoms with Crippen LogP contribution in [0.3, 0.4) is 0 Å². The van der Waals surface area contributed by atoms with Gasteiger partial charge in [0, 0.05) is 12.6 Å². The van der Waals surface area contributed by atoms with Gasteiger partial charge in [-0.3, -0.25) is 0 Å². The molecule has 0 aromatic carbocycles. The van der Waals surface area contributed by atoms with Crippen LogP contribution in [-0.4, -0.2) is 19.3 Å². The van der Waals surface area contributed by atoms with E-state index in [1.165, 1.54) is 12.8 Å². The van der Waals surface area contributed by atoms with E-state index in [-0.39, 0.29) is 0 Å². The van der Waals surface area contributed by atoms with Crippen LogP contribution < -0.4 is 5.73 Å². The molecule has 0 amide bonds. The summed E-state index contributed by atoms with van der Waals surface area (Å²) in [5, 5.41) is 0. The summed E-state index contributed by atoms with van der Waals surface area (Å²) in [6, 6.07) is 0.361. The van der Waals surface area contributed by atoms with Gasteiger partial charge in [-0.05, 0) is 25.2 Å². The molecule has 1 saturated heterocycles. The fourth-order valence-corrected chi connectivity index (χ4v) is 1.44. The van der Waals surface area contributed by atoms with E-state index in [1.54, 1.807) is 0 Å². The smallest absolute Gasteiger partial charge is 0.0509 e. The average molecular weight is 143 g/mol. The Hall–Kier alpha value is -0.0800. The molecule has 2 nitrogen and oxygen atoms in total. The van der Waals surface area contributed by atoms with Crippen LogP contribution in [0.15, 0.2) is 0 Å². The molecule has 0 spiro atoms. The molecule has 1 aliphatic heterocycles. The second-order valence-corrected chi connectivity index (χ2v) is 3.05. The van der Waals surface area contributed by atoms with Crippen molar-refractivity contribution in [2.45, 2.75) is 32.2 Å². The zero-order chi connectivity index (χ0) is 7.40. The average Bonchev–Trinajstić information content (AvgIpc) is 2.05. The lowest BCUT2D eigenvalue weighted by atomic mass is 9.93. The molecule has 1 heterocycles. The zero-order valence-electron chi connectivity index (χ0n) is 6.68. The van der Waals surface area contributed by atoms with Gasteiger partial charge in [-0.2, -0.15) is 0 Å². The fourth-order valence-electron chi connectivity index (χ4n) is 1.44. The van der Waals surface area contributed by atoms with Crippen molar-refractivity contribution in [3.05, 3.63) is 0 Å². The highest BCUT2D eigenvalue weighted by Crippen LogP contribution is 2.17. The normalized spacial score (nSPS) is 30.0. The number of ether oxygens (including phenoxy) is 1. The van der Waals surface area contributed by atoms with Gasteiger partial charge in [0.1, 0.15) is 0 Å². The Balaban J connectivity index is 2.24. The first kappa shape index (κ1) is 8.02. The summed E-state index contributed by atoms with van der Waals surface area (Å²) in [4.78, 5) is 0. The standard InChI is InChI=1S/C8H17NO/c1-2-8(9)7-4-3-5-10-6-7/h7-8H,2-6,9H2,1H3/t7-,8-/m1/s1. The maximum atomic E-state index is 5.87. The molecule has 1 fully saturated rings. The van der Waals surface area contributed by atoms with E-state index in [4.69, 9.17) is 10.5 Å². The Labute approximate surface area is 62.7 Å². The zero-order valence-corrected chi connectivity index (χ0v) is 6.68. The first-order valence-electron chi connectivity index (χ1n) is 4.18. The van der Waals surface area contributed by atoms with Gasteiger partial charge in [-0.1, -0.05) is 6.92 Å². The third-order valence-corrected chi connectivity index (χ3v) is 2.27. The molecule has 2 heteroatoms. The molecule has 1 aliphatic rings. The Morgan fingerprint density at radius 1 is 1.70 bits per heavy atom. The molecule has 0 unspecified atom stereocenters. The summed E-state index contributed by atoms with van der Waals surface area (Å²) < 4.78 is 5.33. The second kappa shape index (κ2) is 3.94. The van der Waals surface area contributed by atoms with Crippen LogP contribution in [-0.2, 0) is 4.74 Å². The molecule has 0 aliphatic carbocycles. The van der Waals surface area contributed by atoms with E-state index in [2.05, 4.69) is 6.92 Å². The summed E-state index contributed by atoms with van der Waals surface area (Å²) in [5.41, 5.74) is 5.87. The van der Waals surface area contributed by atoms with Gasteiger partial charge in [0.2, 0.25) is 0 Å². The lowest BCUT2D eigenvalue weighted by Gasteiger charge is -2.26. The van der Waals surface area contributed by atoms with E-state index in [9.17, 15) is 0 Å². The third-order valence-electron chi connectivity index (χ3n) is 2.27. The van der Waals surface area contributed by atoms with Crippen molar-refractivity contribution < 1.29 is 4.74 Å². The quantitative estimate of drug-likeness (QED) is 0.629. The SMILES string of the molecule is CC[C@@H](N)[C@@H]1CCCOC1. The second-order valence-electron chi connectivity index (χ2n) is 3.05. The van der Waals surface area contributed by atoms with Gasteiger partial charge in [-0.25, -0.2) is 0 Å².